The molecule has 0 aromatic heterocycles. The van der Waals surface area contributed by atoms with E-state index in [1.165, 1.54) is 0 Å². The van der Waals surface area contributed by atoms with Gasteiger partial charge in [0.15, 0.2) is 0 Å². The quantitative estimate of drug-likeness (QED) is 0.185. The zero-order valence-corrected chi connectivity index (χ0v) is 9.78. The minimum absolute atomic E-state index is 0.293. The van der Waals surface area contributed by atoms with Crippen LogP contribution in [-0.4, -0.2) is 19.2 Å². The van der Waals surface area contributed by atoms with Crippen LogP contribution in [0.1, 0.15) is 6.42 Å². The Hall–Kier alpha value is -2.46. The molecular formula is C12H13N3O3. The molecule has 0 radical (unpaired) electrons. The summed E-state index contributed by atoms with van der Waals surface area (Å²) in [5.74, 6) is 0.232. The zero-order chi connectivity index (χ0) is 13.2. The number of carbonyl (C=O) groups excluding carboxylic acids is 1. The van der Waals surface area contributed by atoms with E-state index in [0.29, 0.717) is 31.1 Å². The summed E-state index contributed by atoms with van der Waals surface area (Å²) in [5.41, 5.74) is 8.77. The van der Waals surface area contributed by atoms with E-state index in [1.54, 1.807) is 24.3 Å². The van der Waals surface area contributed by atoms with Crippen LogP contribution in [0.3, 0.4) is 0 Å². The van der Waals surface area contributed by atoms with Crippen LogP contribution in [0.2, 0.25) is 0 Å². The third-order valence-corrected chi connectivity index (χ3v) is 1.97. The van der Waals surface area contributed by atoms with E-state index < -0.39 is 5.97 Å². The van der Waals surface area contributed by atoms with Gasteiger partial charge in [0.2, 0.25) is 0 Å². The average Bonchev–Trinajstić information content (AvgIpc) is 2.40. The van der Waals surface area contributed by atoms with E-state index in [2.05, 4.69) is 16.6 Å². The zero-order valence-electron chi connectivity index (χ0n) is 9.78. The summed E-state index contributed by atoms with van der Waals surface area (Å²) in [4.78, 5) is 13.4. The molecule has 0 saturated heterocycles. The Balaban J connectivity index is 2.25. The number of hydrogen-bond acceptors (Lipinski definition) is 4. The van der Waals surface area contributed by atoms with Crippen molar-refractivity contribution in [1.82, 2.24) is 0 Å². The molecule has 0 fully saturated rings. The Morgan fingerprint density at radius 3 is 2.72 bits per heavy atom. The van der Waals surface area contributed by atoms with Crippen molar-refractivity contribution in [1.29, 1.82) is 0 Å². The second kappa shape index (κ2) is 7.76. The summed E-state index contributed by atoms with van der Waals surface area (Å²) >= 11 is 0. The number of nitrogens with zero attached hydrogens (tertiary/aromatic N) is 3. The summed E-state index contributed by atoms with van der Waals surface area (Å²) in [6.45, 7) is 4.02. The molecule has 6 heteroatoms. The molecule has 1 aromatic rings. The maximum atomic E-state index is 10.7. The average molecular weight is 247 g/mol. The molecule has 0 bridgehead atoms. The molecule has 0 N–H and O–H groups in total. The fraction of sp³-hybridized carbons (Fsp3) is 0.250. The Bertz CT molecular complexity index is 450. The maximum absolute atomic E-state index is 10.7. The molecule has 0 heterocycles. The van der Waals surface area contributed by atoms with Gasteiger partial charge in [-0.2, -0.15) is 0 Å². The lowest BCUT2D eigenvalue weighted by molar-refractivity contribution is -0.137. The van der Waals surface area contributed by atoms with E-state index in [9.17, 15) is 4.79 Å². The van der Waals surface area contributed by atoms with Gasteiger partial charge < -0.3 is 9.47 Å². The van der Waals surface area contributed by atoms with Crippen molar-refractivity contribution in [2.45, 2.75) is 6.42 Å². The Morgan fingerprint density at radius 1 is 1.39 bits per heavy atom. The molecule has 94 valence electrons. The smallest absolute Gasteiger partial charge is 0.330 e. The van der Waals surface area contributed by atoms with Crippen LogP contribution in [-0.2, 0) is 9.53 Å². The fourth-order valence-corrected chi connectivity index (χ4v) is 1.14. The first-order chi connectivity index (χ1) is 8.76. The van der Waals surface area contributed by atoms with Crippen LogP contribution in [0, 0.1) is 0 Å². The topological polar surface area (TPSA) is 84.3 Å². The molecule has 6 nitrogen and oxygen atoms in total. The summed E-state index contributed by atoms with van der Waals surface area (Å²) in [5, 5.41) is 3.44. The van der Waals surface area contributed by atoms with Crippen LogP contribution in [0.4, 0.5) is 5.69 Å². The van der Waals surface area contributed by atoms with Crippen molar-refractivity contribution < 1.29 is 14.3 Å². The summed E-state index contributed by atoms with van der Waals surface area (Å²) in [6.07, 6.45) is 1.72. The van der Waals surface area contributed by atoms with Crippen LogP contribution >= 0.6 is 0 Å². The lowest BCUT2D eigenvalue weighted by atomic mass is 10.3. The second-order valence-corrected chi connectivity index (χ2v) is 3.26. The van der Waals surface area contributed by atoms with E-state index in [0.717, 1.165) is 6.08 Å². The van der Waals surface area contributed by atoms with Crippen LogP contribution < -0.4 is 4.74 Å². The van der Waals surface area contributed by atoms with Crippen molar-refractivity contribution in [3.8, 4) is 5.75 Å². The predicted octanol–water partition coefficient (Wildman–Crippen LogP) is 3.13. The highest BCUT2D eigenvalue weighted by Crippen LogP contribution is 2.18. The minimum Gasteiger partial charge on any atom is -0.493 e. The number of azide groups is 1. The Kier molecular flexibility index (Phi) is 5.86. The van der Waals surface area contributed by atoms with E-state index >= 15 is 0 Å². The minimum atomic E-state index is -0.436. The van der Waals surface area contributed by atoms with Gasteiger partial charge in [0.25, 0.3) is 0 Å². The number of ether oxygens (including phenoxy) is 2. The number of hydrogen-bond donors (Lipinski definition) is 0. The van der Waals surface area contributed by atoms with Gasteiger partial charge in [0.1, 0.15) is 5.75 Å². The summed E-state index contributed by atoms with van der Waals surface area (Å²) in [7, 11) is 0. The third-order valence-electron chi connectivity index (χ3n) is 1.97. The first kappa shape index (κ1) is 13.6. The lowest BCUT2D eigenvalue weighted by Crippen LogP contribution is -2.06. The molecule has 0 aliphatic rings. The predicted molar refractivity (Wildman–Crippen MR) is 66.5 cm³/mol. The van der Waals surface area contributed by atoms with Gasteiger partial charge in [-0.15, -0.1) is 0 Å². The van der Waals surface area contributed by atoms with Crippen molar-refractivity contribution in [2.75, 3.05) is 13.2 Å². The van der Waals surface area contributed by atoms with Crippen molar-refractivity contribution in [3.05, 3.63) is 47.4 Å². The molecule has 0 atom stereocenters. The SMILES string of the molecule is C=CC(=O)OCCCOc1ccc(N=[N+]=[N-])cc1. The van der Waals surface area contributed by atoms with Gasteiger partial charge in [-0.1, -0.05) is 11.7 Å². The van der Waals surface area contributed by atoms with Crippen LogP contribution in [0.25, 0.3) is 10.4 Å². The Labute approximate surface area is 104 Å². The highest BCUT2D eigenvalue weighted by Gasteiger charge is 1.97. The first-order valence-corrected chi connectivity index (χ1v) is 5.33. The third kappa shape index (κ3) is 5.05. The van der Waals surface area contributed by atoms with Gasteiger partial charge in [-0.3, -0.25) is 0 Å². The lowest BCUT2D eigenvalue weighted by Gasteiger charge is -2.06. The van der Waals surface area contributed by atoms with Crippen LogP contribution in [0.5, 0.6) is 5.75 Å². The van der Waals surface area contributed by atoms with Gasteiger partial charge >= 0.3 is 5.97 Å². The highest BCUT2D eigenvalue weighted by atomic mass is 16.5. The molecule has 0 aliphatic heterocycles. The second-order valence-electron chi connectivity index (χ2n) is 3.26. The van der Waals surface area contributed by atoms with Gasteiger partial charge in [-0.25, -0.2) is 4.79 Å². The maximum Gasteiger partial charge on any atom is 0.330 e. The number of benzene rings is 1. The fourth-order valence-electron chi connectivity index (χ4n) is 1.14. The molecule has 0 saturated carbocycles. The molecule has 0 spiro atoms. The number of rotatable bonds is 7. The molecule has 1 aromatic carbocycles. The molecular weight excluding hydrogens is 234 g/mol. The normalized spacial score (nSPS) is 9.11. The van der Waals surface area contributed by atoms with Gasteiger partial charge in [0.05, 0.1) is 13.2 Å². The first-order valence-electron chi connectivity index (χ1n) is 5.33. The summed E-state index contributed by atoms with van der Waals surface area (Å²) in [6, 6.07) is 6.74. The van der Waals surface area contributed by atoms with E-state index in [4.69, 9.17) is 15.0 Å². The molecule has 18 heavy (non-hydrogen) atoms. The molecule has 1 rings (SSSR count). The monoisotopic (exact) mass is 247 g/mol. The molecule has 0 unspecified atom stereocenters. The largest absolute Gasteiger partial charge is 0.493 e. The summed E-state index contributed by atoms with van der Waals surface area (Å²) < 4.78 is 10.2. The number of carbonyl (C=O) groups is 1. The molecule has 0 aliphatic carbocycles. The van der Waals surface area contributed by atoms with Gasteiger partial charge in [-0.05, 0) is 29.8 Å². The van der Waals surface area contributed by atoms with Crippen molar-refractivity contribution in [2.24, 2.45) is 5.11 Å². The van der Waals surface area contributed by atoms with E-state index in [-0.39, 0.29) is 0 Å². The van der Waals surface area contributed by atoms with Crippen LogP contribution in [0.15, 0.2) is 42.0 Å². The van der Waals surface area contributed by atoms with Crippen molar-refractivity contribution >= 4 is 11.7 Å². The molecule has 0 amide bonds. The highest BCUT2D eigenvalue weighted by molar-refractivity contribution is 5.81. The van der Waals surface area contributed by atoms with Crippen molar-refractivity contribution in [3.63, 3.8) is 0 Å². The van der Waals surface area contributed by atoms with E-state index in [1.807, 2.05) is 0 Å². The standard InChI is InChI=1S/C12H13N3O3/c1-2-12(16)18-9-3-8-17-11-6-4-10(5-7-11)14-15-13/h2,4-7H,1,3,8-9H2. The Morgan fingerprint density at radius 2 is 2.11 bits per heavy atom. The number of esters is 1. The van der Waals surface area contributed by atoms with Gasteiger partial charge in [0, 0.05) is 23.1 Å².